The van der Waals surface area contributed by atoms with Crippen molar-refractivity contribution >= 4 is 86.2 Å². The van der Waals surface area contributed by atoms with Crippen LogP contribution in [0.3, 0.4) is 0 Å². The maximum Gasteiger partial charge on any atom is 0.415 e. The van der Waals surface area contributed by atoms with Gasteiger partial charge in [-0.15, -0.1) is 11.3 Å². The van der Waals surface area contributed by atoms with Crippen LogP contribution in [0.2, 0.25) is 0 Å². The summed E-state index contributed by atoms with van der Waals surface area (Å²) in [6, 6.07) is 18.6. The number of benzene rings is 4. The van der Waals surface area contributed by atoms with Gasteiger partial charge in [0.15, 0.2) is 17.2 Å². The number of thioether (sulfide) groups is 1. The zero-order valence-corrected chi connectivity index (χ0v) is 46.4. The lowest BCUT2D eigenvalue weighted by Crippen LogP contribution is -2.42. The third kappa shape index (κ3) is 11.4. The van der Waals surface area contributed by atoms with Gasteiger partial charge in [-0.1, -0.05) is 38.1 Å². The number of aromatic hydroxyl groups is 2. The molecule has 3 aliphatic heterocycles. The number of unbranched alkanes of at least 4 members (excludes halogenated alkanes) is 2. The quantitative estimate of drug-likeness (QED) is 0.0250. The van der Waals surface area contributed by atoms with E-state index in [9.17, 15) is 48.6 Å². The second-order valence-electron chi connectivity index (χ2n) is 20.4. The van der Waals surface area contributed by atoms with Gasteiger partial charge in [0, 0.05) is 121 Å². The number of rotatable bonds is 20. The predicted molar refractivity (Wildman–Crippen MR) is 296 cm³/mol. The largest absolute Gasteiger partial charge is 0.508 e. The second-order valence-corrected chi connectivity index (χ2v) is 22.5. The van der Waals surface area contributed by atoms with Gasteiger partial charge in [0.25, 0.3) is 12.4 Å². The molecule has 1 aliphatic carbocycles. The van der Waals surface area contributed by atoms with E-state index >= 15 is 0 Å². The first-order valence-electron chi connectivity index (χ1n) is 25.9. The molecule has 4 N–H and O–H groups in total. The van der Waals surface area contributed by atoms with E-state index in [1.54, 1.807) is 84.1 Å². The summed E-state index contributed by atoms with van der Waals surface area (Å²) in [5.74, 6) is -1.14. The number of hydrogen-bond acceptors (Lipinski definition) is 18. The minimum absolute atomic E-state index is 0.0638. The second kappa shape index (κ2) is 23.1. The molecule has 4 amide bonds. The Hall–Kier alpha value is -8.37. The number of Topliss-reactive ketones (excluding diaryl/α,β-unsaturated/α-hetero) is 2. The summed E-state index contributed by atoms with van der Waals surface area (Å²) in [7, 11) is 1.61. The van der Waals surface area contributed by atoms with Gasteiger partial charge in [0.05, 0.1) is 21.5 Å². The van der Waals surface area contributed by atoms with Crippen LogP contribution in [-0.4, -0.2) is 130 Å². The number of phenolic OH excluding ortho intramolecular Hbond substituents is 2. The summed E-state index contributed by atoms with van der Waals surface area (Å²) in [5, 5.41) is 27.3. The number of allylic oxidation sites excluding steroid dienone is 4. The Bertz CT molecular complexity index is 3460. The number of carbonyl (C=O) groups excluding carboxylic acids is 8. The summed E-state index contributed by atoms with van der Waals surface area (Å²) in [5.41, 5.74) is 1.30. The first-order chi connectivity index (χ1) is 38.2. The lowest BCUT2D eigenvalue weighted by atomic mass is 9.71. The molecule has 1 aromatic heterocycles. The van der Waals surface area contributed by atoms with Gasteiger partial charge in [-0.2, -0.15) is 0 Å². The third-order valence-electron chi connectivity index (χ3n) is 14.5. The van der Waals surface area contributed by atoms with Crippen LogP contribution < -0.4 is 20.1 Å². The summed E-state index contributed by atoms with van der Waals surface area (Å²) in [6.07, 6.45) is 0.375. The van der Waals surface area contributed by atoms with E-state index < -0.39 is 35.2 Å². The van der Waals surface area contributed by atoms with Gasteiger partial charge in [-0.25, -0.2) is 19.6 Å². The number of ether oxygens (including phenoxy) is 4. The van der Waals surface area contributed by atoms with Crippen LogP contribution in [0.15, 0.2) is 100 Å². The standard InChI is InChI=1S/C58H58N6O14S2/c1-31-32(2)51(71)49(33(3)50(31)70)57(4,5)28-48(69)63(6)22-23-64(56(74)76-37-14-18-42-45(27-37)80-54(61-42)53-62-47(29-79-53)75-30-65)21-9-7-8-10-46(68)59-19-20-60-52(72)34-11-15-39-38(24-34)55(73)78-58(39)40-16-12-35(66)25-43(40)77-44-26-36(67)13-17-41(44)58/h11-18,24-27,30,47,66-67H,7-10,19-23,28-29H2,1-6H3,(H,59,68)(H,60,72). The van der Waals surface area contributed by atoms with Crippen molar-refractivity contribution in [2.75, 3.05) is 45.5 Å². The topological polar surface area (TPSA) is 270 Å². The smallest absolute Gasteiger partial charge is 0.415 e. The Morgan fingerprint density at radius 3 is 2.23 bits per heavy atom. The highest BCUT2D eigenvalue weighted by atomic mass is 32.2. The van der Waals surface area contributed by atoms with Gasteiger partial charge in [-0.05, 0) is 82.1 Å². The maximum absolute atomic E-state index is 13.9. The summed E-state index contributed by atoms with van der Waals surface area (Å²) < 4.78 is 23.7. The SMILES string of the molecule is CC1=C(C)C(=O)C(C(C)(C)CC(=O)N(C)CCN(CCCCCC(=O)NCCNC(=O)c2ccc3c(c2)C(=O)OC32c3ccc(O)cc3Oc3cc(O)ccc32)C(=O)Oc2ccc3nc(C4=NC(OC=O)CS4)sc3c2)=C(C)C1=O. The van der Waals surface area contributed by atoms with Gasteiger partial charge in [0.2, 0.25) is 18.0 Å². The highest BCUT2D eigenvalue weighted by Gasteiger charge is 2.54. The molecule has 1 atom stereocenters. The normalized spacial score (nSPS) is 16.1. The van der Waals surface area contributed by atoms with Crippen molar-refractivity contribution in [3.05, 3.63) is 128 Å². The lowest BCUT2D eigenvalue weighted by Gasteiger charge is -2.36. The summed E-state index contributed by atoms with van der Waals surface area (Å²) >= 11 is 2.77. The molecule has 1 unspecified atom stereocenters. The Balaban J connectivity index is 0.779. The highest BCUT2D eigenvalue weighted by Crippen LogP contribution is 2.57. The molecule has 0 fully saturated rings. The fourth-order valence-corrected chi connectivity index (χ4v) is 12.2. The molecule has 9 rings (SSSR count). The number of nitrogens with zero attached hydrogens (tertiary/aromatic N) is 4. The van der Waals surface area contributed by atoms with Crippen molar-refractivity contribution in [2.24, 2.45) is 10.4 Å². The number of ketones is 2. The fraction of sp³-hybridized carbons (Fsp3) is 0.345. The Morgan fingerprint density at radius 1 is 0.825 bits per heavy atom. The average molecular weight is 1130 g/mol. The molecule has 5 aromatic rings. The van der Waals surface area contributed by atoms with Crippen molar-refractivity contribution in [1.29, 1.82) is 0 Å². The van der Waals surface area contributed by atoms with E-state index in [4.69, 9.17) is 18.9 Å². The Morgan fingerprint density at radius 2 is 1.51 bits per heavy atom. The molecule has 80 heavy (non-hydrogen) atoms. The number of hydrogen-bond donors (Lipinski definition) is 4. The van der Waals surface area contributed by atoms with Crippen molar-refractivity contribution in [1.82, 2.24) is 25.4 Å². The zero-order chi connectivity index (χ0) is 57.2. The lowest BCUT2D eigenvalue weighted by molar-refractivity contribution is -0.132. The molecule has 4 aromatic carbocycles. The zero-order valence-electron chi connectivity index (χ0n) is 44.8. The highest BCUT2D eigenvalue weighted by molar-refractivity contribution is 8.15. The molecule has 416 valence electrons. The number of carbonyl (C=O) groups is 8. The molecule has 22 heteroatoms. The minimum Gasteiger partial charge on any atom is -0.508 e. The van der Waals surface area contributed by atoms with Gasteiger partial charge < -0.3 is 49.6 Å². The average Bonchev–Trinajstić information content (AvgIpc) is 4.33. The van der Waals surface area contributed by atoms with E-state index in [1.165, 1.54) is 63.2 Å². The first-order valence-corrected chi connectivity index (χ1v) is 27.7. The van der Waals surface area contributed by atoms with Crippen LogP contribution in [-0.2, 0) is 39.0 Å². The number of nitrogens with one attached hydrogen (secondary N) is 2. The van der Waals surface area contributed by atoms with E-state index in [0.29, 0.717) is 86.0 Å². The number of thiazole rings is 1. The van der Waals surface area contributed by atoms with E-state index in [1.807, 2.05) is 0 Å². The first kappa shape index (κ1) is 56.4. The molecule has 20 nitrogen and oxygen atoms in total. The van der Waals surface area contributed by atoms with Crippen LogP contribution in [0.5, 0.6) is 28.7 Å². The van der Waals surface area contributed by atoms with E-state index in [0.717, 1.165) is 4.70 Å². The van der Waals surface area contributed by atoms with E-state index in [-0.39, 0.29) is 109 Å². The molecule has 0 bridgehead atoms. The third-order valence-corrected chi connectivity index (χ3v) is 16.7. The number of aromatic nitrogens is 1. The van der Waals surface area contributed by atoms with Crippen molar-refractivity contribution < 1.29 is 67.5 Å². The monoisotopic (exact) mass is 1130 g/mol. The number of amides is 4. The molecule has 4 aliphatic rings. The predicted octanol–water partition coefficient (Wildman–Crippen LogP) is 7.85. The van der Waals surface area contributed by atoms with Gasteiger partial charge >= 0.3 is 12.1 Å². The Kier molecular flexibility index (Phi) is 16.3. The number of phenols is 2. The van der Waals surface area contributed by atoms with Gasteiger partial charge in [0.1, 0.15) is 38.8 Å². The molecule has 4 heterocycles. The number of esters is 1. The maximum atomic E-state index is 13.9. The summed E-state index contributed by atoms with van der Waals surface area (Å²) in [4.78, 5) is 117. The minimum atomic E-state index is -1.48. The molecular formula is C58H58N6O14S2. The molecule has 1 spiro atoms. The fourth-order valence-electron chi connectivity index (χ4n) is 10.2. The van der Waals surface area contributed by atoms with Crippen LogP contribution in [0.4, 0.5) is 4.79 Å². The number of likely N-dealkylation sites (N-methyl/N-ethyl adjacent to an activating group) is 1. The van der Waals surface area contributed by atoms with Crippen LogP contribution in [0, 0.1) is 5.41 Å². The van der Waals surface area contributed by atoms with E-state index in [2.05, 4.69) is 20.6 Å². The molecule has 0 saturated heterocycles. The number of aliphatic imine (C=N–C) groups is 1. The van der Waals surface area contributed by atoms with Crippen molar-refractivity contribution in [3.8, 4) is 28.7 Å². The number of fused-ring (bicyclic) bond motifs is 7. The molecule has 0 saturated carbocycles. The molecule has 0 radical (unpaired) electrons. The van der Waals surface area contributed by atoms with Crippen molar-refractivity contribution in [3.63, 3.8) is 0 Å². The van der Waals surface area contributed by atoms with Crippen LogP contribution >= 0.6 is 23.1 Å². The van der Waals surface area contributed by atoms with Crippen molar-refractivity contribution in [2.45, 2.75) is 78.6 Å². The molecular weight excluding hydrogens is 1070 g/mol. The Labute approximate surface area is 468 Å². The van der Waals surface area contributed by atoms with Gasteiger partial charge in [-0.3, -0.25) is 28.8 Å². The van der Waals surface area contributed by atoms with Crippen LogP contribution in [0.1, 0.15) is 109 Å². The summed E-state index contributed by atoms with van der Waals surface area (Å²) in [6.45, 7) is 9.40. The van der Waals surface area contributed by atoms with Crippen LogP contribution in [0.25, 0.3) is 10.2 Å².